The van der Waals surface area contributed by atoms with Crippen molar-refractivity contribution in [1.29, 1.82) is 0 Å². The van der Waals surface area contributed by atoms with Crippen molar-refractivity contribution in [3.63, 3.8) is 0 Å². The summed E-state index contributed by atoms with van der Waals surface area (Å²) in [5.41, 5.74) is 0. The fourth-order valence-electron chi connectivity index (χ4n) is 1.62. The zero-order valence-electron chi connectivity index (χ0n) is 13.1. The molecule has 19 heavy (non-hydrogen) atoms. The lowest BCUT2D eigenvalue weighted by Gasteiger charge is -2.21. The first kappa shape index (κ1) is 17.7. The van der Waals surface area contributed by atoms with E-state index >= 15 is 0 Å². The van der Waals surface area contributed by atoms with Gasteiger partial charge in [-0.1, -0.05) is 20.3 Å². The summed E-state index contributed by atoms with van der Waals surface area (Å²) in [5.74, 6) is 0.943. The van der Waals surface area contributed by atoms with Crippen molar-refractivity contribution < 1.29 is 4.79 Å². The largest absolute Gasteiger partial charge is 0.356 e. The Kier molecular flexibility index (Phi) is 9.94. The van der Waals surface area contributed by atoms with E-state index in [1.165, 1.54) is 6.42 Å². The highest BCUT2D eigenvalue weighted by Crippen LogP contribution is 1.93. The molecule has 0 spiro atoms. The molecule has 0 aromatic rings. The maximum absolute atomic E-state index is 11.6. The molecule has 0 aromatic carbocycles. The summed E-state index contributed by atoms with van der Waals surface area (Å²) < 4.78 is 0. The van der Waals surface area contributed by atoms with Gasteiger partial charge in [-0.2, -0.15) is 0 Å². The fraction of sp³-hybridized carbons (Fsp3) is 0.857. The molecule has 0 saturated heterocycles. The number of aliphatic imine (C=N–C) groups is 1. The van der Waals surface area contributed by atoms with Crippen LogP contribution in [0.15, 0.2) is 4.99 Å². The Bertz CT molecular complexity index is 279. The number of carbonyl (C=O) groups is 1. The average molecular weight is 270 g/mol. The number of guanidine groups is 1. The van der Waals surface area contributed by atoms with Crippen molar-refractivity contribution in [3.8, 4) is 0 Å². The lowest BCUT2D eigenvalue weighted by molar-refractivity contribution is -0.121. The van der Waals surface area contributed by atoms with Gasteiger partial charge in [0, 0.05) is 39.6 Å². The van der Waals surface area contributed by atoms with E-state index in [1.807, 2.05) is 14.0 Å². The highest BCUT2D eigenvalue weighted by atomic mass is 16.1. The maximum Gasteiger partial charge on any atom is 0.221 e. The van der Waals surface area contributed by atoms with Crippen LogP contribution in [0.5, 0.6) is 0 Å². The Hall–Kier alpha value is -1.26. The Morgan fingerprint density at radius 1 is 1.37 bits per heavy atom. The molecule has 0 saturated carbocycles. The standard InChI is InChI=1S/C14H30N4O/c1-6-8-11-18(5)14(15-4)16-10-9-13(19)17-12(3)7-2/h12H,6-11H2,1-5H3,(H,15,16)(H,17,19). The molecule has 0 heterocycles. The van der Waals surface area contributed by atoms with E-state index in [1.54, 1.807) is 7.05 Å². The molecule has 0 aromatic heterocycles. The normalized spacial score (nSPS) is 13.0. The van der Waals surface area contributed by atoms with Crippen LogP contribution >= 0.6 is 0 Å². The van der Waals surface area contributed by atoms with Gasteiger partial charge >= 0.3 is 0 Å². The van der Waals surface area contributed by atoms with Crippen LogP contribution in [0.2, 0.25) is 0 Å². The van der Waals surface area contributed by atoms with Gasteiger partial charge in [-0.15, -0.1) is 0 Å². The molecule has 5 heteroatoms. The van der Waals surface area contributed by atoms with E-state index < -0.39 is 0 Å². The van der Waals surface area contributed by atoms with Crippen LogP contribution in [0.3, 0.4) is 0 Å². The Morgan fingerprint density at radius 3 is 2.58 bits per heavy atom. The van der Waals surface area contributed by atoms with Gasteiger partial charge in [0.15, 0.2) is 5.96 Å². The Labute approximate surface area is 117 Å². The lowest BCUT2D eigenvalue weighted by Crippen LogP contribution is -2.41. The van der Waals surface area contributed by atoms with Crippen molar-refractivity contribution in [1.82, 2.24) is 15.5 Å². The lowest BCUT2D eigenvalue weighted by atomic mass is 10.2. The quantitative estimate of drug-likeness (QED) is 0.520. The predicted molar refractivity (Wildman–Crippen MR) is 81.4 cm³/mol. The van der Waals surface area contributed by atoms with Crippen LogP contribution in [0, 0.1) is 0 Å². The maximum atomic E-state index is 11.6. The van der Waals surface area contributed by atoms with Crippen LogP contribution in [-0.2, 0) is 4.79 Å². The molecule has 1 unspecified atom stereocenters. The van der Waals surface area contributed by atoms with E-state index in [0.29, 0.717) is 13.0 Å². The molecule has 0 aliphatic rings. The number of rotatable bonds is 8. The summed E-state index contributed by atoms with van der Waals surface area (Å²) in [6, 6.07) is 0.249. The molecule has 112 valence electrons. The Morgan fingerprint density at radius 2 is 2.05 bits per heavy atom. The second-order valence-electron chi connectivity index (χ2n) is 4.88. The molecule has 2 N–H and O–H groups in total. The van der Waals surface area contributed by atoms with Crippen LogP contribution in [0.25, 0.3) is 0 Å². The SMILES string of the molecule is CCCCN(C)C(=NC)NCCC(=O)NC(C)CC. The van der Waals surface area contributed by atoms with Gasteiger partial charge in [0.1, 0.15) is 0 Å². The second kappa shape index (κ2) is 10.6. The molecule has 0 rings (SSSR count). The molecule has 1 atom stereocenters. The van der Waals surface area contributed by atoms with Crippen molar-refractivity contribution >= 4 is 11.9 Å². The molecule has 0 aliphatic heterocycles. The van der Waals surface area contributed by atoms with Gasteiger partial charge in [0.2, 0.25) is 5.91 Å². The number of hydrogen-bond donors (Lipinski definition) is 2. The van der Waals surface area contributed by atoms with Crippen LogP contribution in [0.1, 0.15) is 46.5 Å². The third-order valence-corrected chi connectivity index (χ3v) is 3.08. The van der Waals surface area contributed by atoms with Gasteiger partial charge < -0.3 is 15.5 Å². The number of hydrogen-bond acceptors (Lipinski definition) is 2. The van der Waals surface area contributed by atoms with Crippen molar-refractivity contribution in [2.75, 3.05) is 27.2 Å². The summed E-state index contributed by atoms with van der Waals surface area (Å²) in [4.78, 5) is 17.9. The van der Waals surface area contributed by atoms with Crippen LogP contribution < -0.4 is 10.6 Å². The molecule has 1 amide bonds. The zero-order valence-corrected chi connectivity index (χ0v) is 13.1. The van der Waals surface area contributed by atoms with Gasteiger partial charge in [-0.05, 0) is 19.8 Å². The summed E-state index contributed by atoms with van der Waals surface area (Å²) in [7, 11) is 3.79. The second-order valence-corrected chi connectivity index (χ2v) is 4.88. The first-order valence-corrected chi connectivity index (χ1v) is 7.26. The molecular weight excluding hydrogens is 240 g/mol. The minimum absolute atomic E-state index is 0.0912. The summed E-state index contributed by atoms with van der Waals surface area (Å²) in [5, 5.41) is 6.17. The highest BCUT2D eigenvalue weighted by molar-refractivity contribution is 5.81. The van der Waals surface area contributed by atoms with Crippen molar-refractivity contribution in [2.45, 2.75) is 52.5 Å². The van der Waals surface area contributed by atoms with Gasteiger partial charge in [0.05, 0.1) is 0 Å². The molecule has 0 bridgehead atoms. The third kappa shape index (κ3) is 8.46. The molecular formula is C14H30N4O. The molecule has 5 nitrogen and oxygen atoms in total. The smallest absolute Gasteiger partial charge is 0.221 e. The first-order valence-electron chi connectivity index (χ1n) is 7.26. The predicted octanol–water partition coefficient (Wildman–Crippen LogP) is 1.60. The fourth-order valence-corrected chi connectivity index (χ4v) is 1.62. The average Bonchev–Trinajstić information content (AvgIpc) is 2.40. The van der Waals surface area contributed by atoms with Crippen LogP contribution in [-0.4, -0.2) is 50.0 Å². The van der Waals surface area contributed by atoms with Crippen molar-refractivity contribution in [2.24, 2.45) is 4.99 Å². The van der Waals surface area contributed by atoms with Gasteiger partial charge in [-0.3, -0.25) is 9.79 Å². The number of amides is 1. The van der Waals surface area contributed by atoms with Gasteiger partial charge in [-0.25, -0.2) is 0 Å². The van der Waals surface area contributed by atoms with E-state index in [0.717, 1.165) is 25.3 Å². The van der Waals surface area contributed by atoms with Crippen LogP contribution in [0.4, 0.5) is 0 Å². The first-order chi connectivity index (χ1) is 9.04. The van der Waals surface area contributed by atoms with E-state index in [4.69, 9.17) is 0 Å². The minimum atomic E-state index is 0.0912. The number of carbonyl (C=O) groups excluding carboxylic acids is 1. The number of unbranched alkanes of at least 4 members (excludes halogenated alkanes) is 1. The van der Waals surface area contributed by atoms with E-state index in [9.17, 15) is 4.79 Å². The molecule has 0 aliphatic carbocycles. The molecule has 0 fully saturated rings. The highest BCUT2D eigenvalue weighted by Gasteiger charge is 2.07. The van der Waals surface area contributed by atoms with Gasteiger partial charge in [0.25, 0.3) is 0 Å². The summed E-state index contributed by atoms with van der Waals surface area (Å²) in [6.07, 6.45) is 3.75. The van der Waals surface area contributed by atoms with E-state index in [2.05, 4.69) is 34.4 Å². The number of nitrogens with zero attached hydrogens (tertiary/aromatic N) is 2. The third-order valence-electron chi connectivity index (χ3n) is 3.08. The van der Waals surface area contributed by atoms with E-state index in [-0.39, 0.29) is 11.9 Å². The topological polar surface area (TPSA) is 56.7 Å². The number of nitrogens with one attached hydrogen (secondary N) is 2. The Balaban J connectivity index is 3.93. The summed E-state index contributed by atoms with van der Waals surface area (Å²) >= 11 is 0. The molecule has 0 radical (unpaired) electrons. The minimum Gasteiger partial charge on any atom is -0.356 e. The van der Waals surface area contributed by atoms with Crippen molar-refractivity contribution in [3.05, 3.63) is 0 Å². The summed E-state index contributed by atoms with van der Waals surface area (Å²) in [6.45, 7) is 7.85. The zero-order chi connectivity index (χ0) is 14.7. The monoisotopic (exact) mass is 270 g/mol.